The molecule has 38 heavy (non-hydrogen) atoms. The molecule has 3 N–H and O–H groups in total. The highest BCUT2D eigenvalue weighted by Crippen LogP contribution is 2.39. The molecule has 0 unspecified atom stereocenters. The molecule has 3 aromatic carbocycles. The minimum Gasteiger partial charge on any atom is -0.456 e. The molecule has 1 aromatic heterocycles. The number of nitrogens with one attached hydrogen (secondary N) is 2. The number of benzene rings is 3. The number of nitrogens with zero attached hydrogens (tertiary/aromatic N) is 1. The summed E-state index contributed by atoms with van der Waals surface area (Å²) in [5.41, 5.74) is 4.08. The van der Waals surface area contributed by atoms with Crippen molar-refractivity contribution in [2.24, 2.45) is 0 Å². The van der Waals surface area contributed by atoms with Crippen LogP contribution in [0.15, 0.2) is 76.0 Å². The number of hydrogen-bond acceptors (Lipinski definition) is 7. The van der Waals surface area contributed by atoms with E-state index >= 15 is 0 Å². The topological polar surface area (TPSA) is 129 Å². The van der Waals surface area contributed by atoms with Crippen LogP contribution in [-0.2, 0) is 26.0 Å². The number of hydrogen-bond donors (Lipinski definition) is 3. The molecule has 1 atom stereocenters. The zero-order valence-corrected chi connectivity index (χ0v) is 22.4. The average Bonchev–Trinajstić information content (AvgIpc) is 3.25. The molecule has 11 heteroatoms. The number of anilines is 1. The predicted octanol–water partition coefficient (Wildman–Crippen LogP) is 4.16. The van der Waals surface area contributed by atoms with Crippen LogP contribution in [0.5, 0.6) is 0 Å². The van der Waals surface area contributed by atoms with Gasteiger partial charge in [0.05, 0.1) is 11.3 Å². The fourth-order valence-electron chi connectivity index (χ4n) is 4.84. The van der Waals surface area contributed by atoms with Crippen molar-refractivity contribution in [3.8, 4) is 0 Å². The molecule has 0 saturated carbocycles. The molecule has 0 aliphatic carbocycles. The number of hydroxylamine groups is 1. The fourth-order valence-corrected chi connectivity index (χ4v) is 7.97. The second kappa shape index (κ2) is 10.1. The molecule has 198 valence electrons. The van der Waals surface area contributed by atoms with Gasteiger partial charge in [-0.1, -0.05) is 30.3 Å². The van der Waals surface area contributed by atoms with Gasteiger partial charge in [-0.05, 0) is 49.7 Å². The van der Waals surface area contributed by atoms with Crippen LogP contribution in [0.25, 0.3) is 21.9 Å². The van der Waals surface area contributed by atoms with Gasteiger partial charge in [0, 0.05) is 39.6 Å². The van der Waals surface area contributed by atoms with Crippen molar-refractivity contribution < 1.29 is 27.6 Å². The maximum absolute atomic E-state index is 13.7. The largest absolute Gasteiger partial charge is 0.456 e. The van der Waals surface area contributed by atoms with Crippen LogP contribution in [0, 0.1) is 0 Å². The Bertz CT molecular complexity index is 1630. The average molecular weight is 554 g/mol. The Labute approximate surface area is 224 Å². The van der Waals surface area contributed by atoms with E-state index in [1.165, 1.54) is 23.9 Å². The summed E-state index contributed by atoms with van der Waals surface area (Å²) < 4.78 is 33.8. The van der Waals surface area contributed by atoms with Gasteiger partial charge in [0.2, 0.25) is 15.9 Å². The van der Waals surface area contributed by atoms with Crippen molar-refractivity contribution in [2.75, 3.05) is 17.6 Å². The molecule has 9 nitrogen and oxygen atoms in total. The highest BCUT2D eigenvalue weighted by Gasteiger charge is 2.48. The zero-order valence-electron chi connectivity index (χ0n) is 20.8. The van der Waals surface area contributed by atoms with Gasteiger partial charge >= 0.3 is 0 Å². The summed E-state index contributed by atoms with van der Waals surface area (Å²) >= 11 is 1.48. The Balaban J connectivity index is 1.45. The van der Waals surface area contributed by atoms with Crippen molar-refractivity contribution in [3.63, 3.8) is 0 Å². The van der Waals surface area contributed by atoms with E-state index < -0.39 is 26.7 Å². The maximum atomic E-state index is 13.7. The Kier molecular flexibility index (Phi) is 6.95. The van der Waals surface area contributed by atoms with E-state index in [1.807, 2.05) is 30.3 Å². The molecule has 4 aromatic rings. The molecule has 1 aliphatic rings. The van der Waals surface area contributed by atoms with Crippen LogP contribution >= 0.6 is 11.8 Å². The molecular formula is C27H27N3O6S2. The van der Waals surface area contributed by atoms with Crippen molar-refractivity contribution in [2.45, 2.75) is 36.0 Å². The summed E-state index contributed by atoms with van der Waals surface area (Å²) in [6.45, 7) is 3.69. The zero-order chi connectivity index (χ0) is 27.1. The summed E-state index contributed by atoms with van der Waals surface area (Å²) in [5.74, 6) is -0.427. The fraction of sp³-hybridized carbons (Fsp3) is 0.259. The number of fused-ring (bicyclic) bond motifs is 3. The molecule has 1 fully saturated rings. The van der Waals surface area contributed by atoms with E-state index in [0.717, 1.165) is 9.87 Å². The van der Waals surface area contributed by atoms with Crippen LogP contribution in [-0.4, -0.2) is 52.8 Å². The van der Waals surface area contributed by atoms with Crippen molar-refractivity contribution >= 4 is 61.2 Å². The third-order valence-electron chi connectivity index (χ3n) is 6.63. The molecule has 0 spiro atoms. The lowest BCUT2D eigenvalue weighted by molar-refractivity contribution is -0.134. The summed E-state index contributed by atoms with van der Waals surface area (Å²) in [6.07, 6.45) is 0.237. The van der Waals surface area contributed by atoms with E-state index in [2.05, 4.69) is 5.32 Å². The van der Waals surface area contributed by atoms with Gasteiger partial charge in [0.25, 0.3) is 5.91 Å². The number of furan rings is 1. The maximum Gasteiger partial charge on any atom is 0.263 e. The standard InChI is InChI=1S/C27H27N3O6S2/c1-27(2)25(26(32)29-33)30(12-13-37-27)38(34,35)19-9-11-22-21(16-19)20-10-8-18(15-23(20)36-22)28-24(31)14-17-6-4-3-5-7-17/h3-11,15-16,25,33H,12-14H2,1-2H3,(H,28,31)(H,29,32)/t25-/m0/s1. The number of thioether (sulfide) groups is 1. The van der Waals surface area contributed by atoms with Gasteiger partial charge in [0.1, 0.15) is 17.2 Å². The number of amides is 2. The van der Waals surface area contributed by atoms with Crippen molar-refractivity contribution in [1.29, 1.82) is 0 Å². The molecule has 1 aliphatic heterocycles. The predicted molar refractivity (Wildman–Crippen MR) is 147 cm³/mol. The summed E-state index contributed by atoms with van der Waals surface area (Å²) in [5, 5.41) is 13.4. The van der Waals surface area contributed by atoms with Crippen LogP contribution < -0.4 is 10.8 Å². The Morgan fingerprint density at radius 2 is 1.82 bits per heavy atom. The summed E-state index contributed by atoms with van der Waals surface area (Å²) in [6, 6.07) is 18.1. The van der Waals surface area contributed by atoms with Gasteiger partial charge in [-0.25, -0.2) is 13.9 Å². The molecular weight excluding hydrogens is 526 g/mol. The quantitative estimate of drug-likeness (QED) is 0.242. The van der Waals surface area contributed by atoms with Crippen molar-refractivity contribution in [1.82, 2.24) is 9.79 Å². The van der Waals surface area contributed by atoms with E-state index in [1.54, 1.807) is 43.6 Å². The first-order valence-corrected chi connectivity index (χ1v) is 14.4. The smallest absolute Gasteiger partial charge is 0.263 e. The highest BCUT2D eigenvalue weighted by atomic mass is 32.2. The van der Waals surface area contributed by atoms with Crippen LogP contribution in [0.2, 0.25) is 0 Å². The van der Waals surface area contributed by atoms with Gasteiger partial charge in [-0.2, -0.15) is 16.1 Å². The lowest BCUT2D eigenvalue weighted by atomic mass is 10.0. The first-order chi connectivity index (χ1) is 18.1. The number of carbonyl (C=O) groups excluding carboxylic acids is 2. The third-order valence-corrected chi connectivity index (χ3v) is 9.85. The third kappa shape index (κ3) is 4.90. The first kappa shape index (κ1) is 26.2. The van der Waals surface area contributed by atoms with E-state index in [-0.39, 0.29) is 23.8 Å². The number of carbonyl (C=O) groups is 2. The van der Waals surface area contributed by atoms with Gasteiger partial charge in [0.15, 0.2) is 0 Å². The van der Waals surface area contributed by atoms with E-state index in [4.69, 9.17) is 4.42 Å². The number of sulfonamides is 1. The van der Waals surface area contributed by atoms with Gasteiger partial charge < -0.3 is 9.73 Å². The Morgan fingerprint density at radius 3 is 2.55 bits per heavy atom. The minimum absolute atomic E-state index is 0.0198. The highest BCUT2D eigenvalue weighted by molar-refractivity contribution is 8.01. The van der Waals surface area contributed by atoms with E-state index in [9.17, 15) is 23.2 Å². The van der Waals surface area contributed by atoms with E-state index in [0.29, 0.717) is 33.4 Å². The van der Waals surface area contributed by atoms with Crippen LogP contribution in [0.3, 0.4) is 0 Å². The first-order valence-electron chi connectivity index (χ1n) is 12.0. The molecule has 0 bridgehead atoms. The summed E-state index contributed by atoms with van der Waals surface area (Å²) in [7, 11) is -4.08. The lowest BCUT2D eigenvalue weighted by Crippen LogP contribution is -2.61. The molecule has 2 heterocycles. The SMILES string of the molecule is CC1(C)SCCN(S(=O)(=O)c2ccc3oc4cc(NC(=O)Cc5ccccc5)ccc4c3c2)[C@H]1C(=O)NO. The molecule has 0 radical (unpaired) electrons. The Morgan fingerprint density at radius 1 is 1.05 bits per heavy atom. The van der Waals surface area contributed by atoms with Crippen molar-refractivity contribution in [3.05, 3.63) is 72.3 Å². The lowest BCUT2D eigenvalue weighted by Gasteiger charge is -2.43. The Hall–Kier alpha value is -3.38. The van der Waals surface area contributed by atoms with Gasteiger partial charge in [-0.15, -0.1) is 0 Å². The summed E-state index contributed by atoms with van der Waals surface area (Å²) in [4.78, 5) is 25.0. The molecule has 1 saturated heterocycles. The van der Waals surface area contributed by atoms with Crippen LogP contribution in [0.4, 0.5) is 5.69 Å². The second-order valence-electron chi connectivity index (χ2n) is 9.63. The second-order valence-corrected chi connectivity index (χ2v) is 13.3. The monoisotopic (exact) mass is 553 g/mol. The minimum atomic E-state index is -4.08. The normalized spacial score (nSPS) is 17.9. The van der Waals surface area contributed by atoms with Gasteiger partial charge in [-0.3, -0.25) is 14.8 Å². The van der Waals surface area contributed by atoms with Crippen LogP contribution in [0.1, 0.15) is 19.4 Å². The number of rotatable bonds is 6. The molecule has 5 rings (SSSR count). The molecule has 2 amide bonds.